The quantitative estimate of drug-likeness (QED) is 0.570. The molecule has 9 heteroatoms. The maximum Gasteiger partial charge on any atom is 0.356 e. The van der Waals surface area contributed by atoms with Crippen molar-refractivity contribution in [3.05, 3.63) is 60.4 Å². The number of carboxylic acid groups (broad SMARTS) is 1. The van der Waals surface area contributed by atoms with E-state index in [2.05, 4.69) is 20.1 Å². The first-order valence-electron chi connectivity index (χ1n) is 9.27. The summed E-state index contributed by atoms with van der Waals surface area (Å²) in [5.74, 6) is 0.269. The number of benzene rings is 1. The zero-order chi connectivity index (χ0) is 19.8. The van der Waals surface area contributed by atoms with Crippen molar-refractivity contribution in [2.45, 2.75) is 0 Å². The number of morpholine rings is 1. The predicted molar refractivity (Wildman–Crippen MR) is 106 cm³/mol. The molecule has 1 saturated heterocycles. The number of aromatic nitrogens is 5. The van der Waals surface area contributed by atoms with E-state index in [1.807, 2.05) is 48.7 Å². The number of hydrogen-bond acceptors (Lipinski definition) is 6. The van der Waals surface area contributed by atoms with E-state index in [4.69, 9.17) is 4.74 Å². The molecule has 1 aliphatic rings. The summed E-state index contributed by atoms with van der Waals surface area (Å²) in [5.41, 5.74) is 2.26. The predicted octanol–water partition coefficient (Wildman–Crippen LogP) is 2.12. The lowest BCUT2D eigenvalue weighted by Crippen LogP contribution is -2.37. The highest BCUT2D eigenvalue weighted by Gasteiger charge is 2.20. The van der Waals surface area contributed by atoms with Gasteiger partial charge in [0.05, 0.1) is 18.9 Å². The number of carbonyl (C=O) groups is 1. The van der Waals surface area contributed by atoms with Crippen LogP contribution in [0.25, 0.3) is 22.7 Å². The fourth-order valence-electron chi connectivity index (χ4n) is 3.40. The van der Waals surface area contributed by atoms with Crippen molar-refractivity contribution in [1.82, 2.24) is 24.4 Å². The standard InChI is InChI=1S/C20H18N6O3/c27-20(28)16-12-18-21-17(13-19(26(18)23-16)24-8-10-29-11-9-24)25-7-6-15(22-25)14-4-2-1-3-5-14/h1-7,12-13H,8-11H2,(H,27,28). The normalized spacial score (nSPS) is 14.4. The van der Waals surface area contributed by atoms with Gasteiger partial charge in [0, 0.05) is 37.0 Å². The van der Waals surface area contributed by atoms with Crippen molar-refractivity contribution in [1.29, 1.82) is 0 Å². The molecule has 0 atom stereocenters. The Bertz CT molecular complexity index is 1180. The van der Waals surface area contributed by atoms with Gasteiger partial charge in [-0.25, -0.2) is 14.5 Å². The summed E-state index contributed by atoms with van der Waals surface area (Å²) < 4.78 is 8.71. The number of anilines is 1. The SMILES string of the molecule is O=C(O)c1cc2nc(-n3ccc(-c4ccccc4)n3)cc(N3CCOCC3)n2n1. The second kappa shape index (κ2) is 7.02. The molecule has 0 unspecified atom stereocenters. The van der Waals surface area contributed by atoms with Crippen LogP contribution in [0.3, 0.4) is 0 Å². The lowest BCUT2D eigenvalue weighted by molar-refractivity contribution is 0.0690. The molecule has 0 spiro atoms. The molecule has 0 radical (unpaired) electrons. The Morgan fingerprint density at radius 3 is 2.59 bits per heavy atom. The van der Waals surface area contributed by atoms with Gasteiger partial charge in [-0.15, -0.1) is 0 Å². The summed E-state index contributed by atoms with van der Waals surface area (Å²) in [6.45, 7) is 2.59. The molecule has 29 heavy (non-hydrogen) atoms. The Morgan fingerprint density at radius 2 is 1.83 bits per heavy atom. The molecule has 1 aliphatic heterocycles. The molecule has 4 heterocycles. The van der Waals surface area contributed by atoms with E-state index in [-0.39, 0.29) is 5.69 Å². The first kappa shape index (κ1) is 17.4. The fourth-order valence-corrected chi connectivity index (χ4v) is 3.40. The highest BCUT2D eigenvalue weighted by atomic mass is 16.5. The smallest absolute Gasteiger partial charge is 0.356 e. The van der Waals surface area contributed by atoms with Gasteiger partial charge in [0.25, 0.3) is 0 Å². The van der Waals surface area contributed by atoms with Crippen molar-refractivity contribution in [2.75, 3.05) is 31.2 Å². The molecule has 0 saturated carbocycles. The van der Waals surface area contributed by atoms with Gasteiger partial charge in [-0.3, -0.25) is 0 Å². The number of nitrogens with zero attached hydrogens (tertiary/aromatic N) is 6. The van der Waals surface area contributed by atoms with Crippen molar-refractivity contribution in [3.8, 4) is 17.1 Å². The van der Waals surface area contributed by atoms with Crippen molar-refractivity contribution in [2.24, 2.45) is 0 Å². The van der Waals surface area contributed by atoms with E-state index >= 15 is 0 Å². The number of ether oxygens (including phenoxy) is 1. The third-order valence-corrected chi connectivity index (χ3v) is 4.84. The van der Waals surface area contributed by atoms with E-state index in [9.17, 15) is 9.90 Å². The van der Waals surface area contributed by atoms with Gasteiger partial charge < -0.3 is 14.7 Å². The van der Waals surface area contributed by atoms with Gasteiger partial charge in [0.2, 0.25) is 0 Å². The molecular weight excluding hydrogens is 372 g/mol. The van der Waals surface area contributed by atoms with Crippen LogP contribution in [0.5, 0.6) is 0 Å². The highest BCUT2D eigenvalue weighted by Crippen LogP contribution is 2.23. The minimum atomic E-state index is -1.09. The number of fused-ring (bicyclic) bond motifs is 1. The van der Waals surface area contributed by atoms with Gasteiger partial charge in [-0.05, 0) is 6.07 Å². The first-order valence-corrected chi connectivity index (χ1v) is 9.27. The Balaban J connectivity index is 1.62. The van der Waals surface area contributed by atoms with Gasteiger partial charge in [0.1, 0.15) is 5.82 Å². The van der Waals surface area contributed by atoms with Crippen LogP contribution in [-0.4, -0.2) is 61.8 Å². The van der Waals surface area contributed by atoms with E-state index in [1.54, 1.807) is 9.20 Å². The van der Waals surface area contributed by atoms with Crippen molar-refractivity contribution < 1.29 is 14.6 Å². The number of rotatable bonds is 4. The van der Waals surface area contributed by atoms with Crippen LogP contribution in [0.15, 0.2) is 54.7 Å². The topological polar surface area (TPSA) is 97.8 Å². The summed E-state index contributed by atoms with van der Waals surface area (Å²) in [6.07, 6.45) is 1.85. The Kier molecular flexibility index (Phi) is 4.21. The molecule has 5 rings (SSSR count). The number of hydrogen-bond donors (Lipinski definition) is 1. The van der Waals surface area contributed by atoms with E-state index < -0.39 is 5.97 Å². The largest absolute Gasteiger partial charge is 0.476 e. The molecule has 4 aromatic rings. The van der Waals surface area contributed by atoms with E-state index in [1.165, 1.54) is 6.07 Å². The fraction of sp³-hybridized carbons (Fsp3) is 0.200. The minimum Gasteiger partial charge on any atom is -0.476 e. The summed E-state index contributed by atoms with van der Waals surface area (Å²) in [7, 11) is 0. The zero-order valence-corrected chi connectivity index (χ0v) is 15.5. The van der Waals surface area contributed by atoms with Gasteiger partial charge in [0.15, 0.2) is 17.2 Å². The molecule has 0 aliphatic carbocycles. The molecule has 1 N–H and O–H groups in total. The highest BCUT2D eigenvalue weighted by molar-refractivity contribution is 5.87. The third kappa shape index (κ3) is 3.21. The van der Waals surface area contributed by atoms with Crippen LogP contribution >= 0.6 is 0 Å². The molecule has 9 nitrogen and oxygen atoms in total. The van der Waals surface area contributed by atoms with Crippen molar-refractivity contribution in [3.63, 3.8) is 0 Å². The Labute approximate surface area is 165 Å². The zero-order valence-electron chi connectivity index (χ0n) is 15.5. The van der Waals surface area contributed by atoms with Crippen LogP contribution in [0, 0.1) is 0 Å². The average molecular weight is 390 g/mol. The summed E-state index contributed by atoms with van der Waals surface area (Å²) >= 11 is 0. The summed E-state index contributed by atoms with van der Waals surface area (Å²) in [6, 6.07) is 15.2. The Hall–Kier alpha value is -3.72. The second-order valence-electron chi connectivity index (χ2n) is 6.69. The minimum absolute atomic E-state index is 0.0467. The first-order chi connectivity index (χ1) is 14.2. The van der Waals surface area contributed by atoms with Crippen molar-refractivity contribution >= 4 is 17.4 Å². The number of aromatic carboxylic acids is 1. The summed E-state index contributed by atoms with van der Waals surface area (Å²) in [4.78, 5) is 18.1. The lowest BCUT2D eigenvalue weighted by Gasteiger charge is -2.29. The molecular formula is C20H18N6O3. The van der Waals surface area contributed by atoms with Crippen LogP contribution < -0.4 is 4.90 Å². The van der Waals surface area contributed by atoms with Crippen LogP contribution in [-0.2, 0) is 4.74 Å². The number of carboxylic acids is 1. The molecule has 146 valence electrons. The molecule has 1 aromatic carbocycles. The van der Waals surface area contributed by atoms with Gasteiger partial charge >= 0.3 is 5.97 Å². The monoisotopic (exact) mass is 390 g/mol. The van der Waals surface area contributed by atoms with E-state index in [0.29, 0.717) is 37.8 Å². The van der Waals surface area contributed by atoms with Crippen LogP contribution in [0.1, 0.15) is 10.5 Å². The molecule has 0 bridgehead atoms. The molecule has 0 amide bonds. The van der Waals surface area contributed by atoms with Crippen LogP contribution in [0.2, 0.25) is 0 Å². The molecule has 3 aromatic heterocycles. The van der Waals surface area contributed by atoms with Gasteiger partial charge in [-0.1, -0.05) is 30.3 Å². The lowest BCUT2D eigenvalue weighted by atomic mass is 10.2. The van der Waals surface area contributed by atoms with E-state index in [0.717, 1.165) is 17.1 Å². The maximum absolute atomic E-state index is 11.4. The Morgan fingerprint density at radius 1 is 1.03 bits per heavy atom. The molecule has 1 fully saturated rings. The maximum atomic E-state index is 11.4. The third-order valence-electron chi connectivity index (χ3n) is 4.84. The average Bonchev–Trinajstić information content (AvgIpc) is 3.42. The summed E-state index contributed by atoms with van der Waals surface area (Å²) in [5, 5.41) is 18.2. The van der Waals surface area contributed by atoms with Gasteiger partial charge in [-0.2, -0.15) is 14.7 Å². The van der Waals surface area contributed by atoms with Crippen LogP contribution in [0.4, 0.5) is 5.82 Å². The second-order valence-corrected chi connectivity index (χ2v) is 6.69.